The Morgan fingerprint density at radius 3 is 2.43 bits per heavy atom. The number of para-hydroxylation sites is 2. The van der Waals surface area contributed by atoms with Crippen molar-refractivity contribution in [1.29, 1.82) is 0 Å². The van der Waals surface area contributed by atoms with E-state index in [2.05, 4.69) is 4.57 Å². The van der Waals surface area contributed by atoms with Crippen LogP contribution in [0.25, 0.3) is 11.0 Å². The van der Waals surface area contributed by atoms with Crippen LogP contribution in [0.15, 0.2) is 60.9 Å². The van der Waals surface area contributed by atoms with Gasteiger partial charge < -0.3 is 14.2 Å². The van der Waals surface area contributed by atoms with Crippen LogP contribution in [0.4, 0.5) is 15.1 Å². The molecule has 6 nitrogen and oxygen atoms in total. The largest absolute Gasteiger partial charge is 0.443 e. The number of fused-ring (bicyclic) bond motifs is 1. The van der Waals surface area contributed by atoms with Crippen molar-refractivity contribution in [2.24, 2.45) is 0 Å². The van der Waals surface area contributed by atoms with Crippen molar-refractivity contribution in [3.63, 3.8) is 0 Å². The summed E-state index contributed by atoms with van der Waals surface area (Å²) >= 11 is 0. The summed E-state index contributed by atoms with van der Waals surface area (Å²) in [6, 6.07) is 14.3. The van der Waals surface area contributed by atoms with E-state index in [1.165, 1.54) is 17.0 Å². The number of nitrogens with zero attached hydrogens (tertiary/aromatic N) is 4. The molecule has 0 bridgehead atoms. The minimum atomic E-state index is -0.561. The van der Waals surface area contributed by atoms with Crippen molar-refractivity contribution in [3.8, 4) is 0 Å². The molecule has 3 aromatic rings. The number of carbonyl (C=O) groups is 1. The standard InChI is InChI=1S/C23H27FN4O2/c1-23(2,3)30-22(29)27(5)15-14-26(4)21-25-19-8-6-7-9-20(19)28(21)16-17-10-12-18(24)13-11-17/h6-15H,16H2,1-5H3/b15-14+. The monoisotopic (exact) mass is 410 g/mol. The third kappa shape index (κ3) is 5.17. The smallest absolute Gasteiger partial charge is 0.414 e. The molecule has 158 valence electrons. The molecular formula is C23H27FN4O2. The highest BCUT2D eigenvalue weighted by atomic mass is 19.1. The lowest BCUT2D eigenvalue weighted by Gasteiger charge is -2.23. The highest BCUT2D eigenvalue weighted by molar-refractivity contribution is 5.79. The van der Waals surface area contributed by atoms with Crippen LogP contribution in [0.2, 0.25) is 0 Å². The Kier molecular flexibility index (Phi) is 6.10. The molecule has 0 radical (unpaired) electrons. The van der Waals surface area contributed by atoms with Crippen LogP contribution in [0.3, 0.4) is 0 Å². The molecule has 0 aliphatic heterocycles. The van der Waals surface area contributed by atoms with Gasteiger partial charge in [-0.2, -0.15) is 0 Å². The summed E-state index contributed by atoms with van der Waals surface area (Å²) in [6.45, 7) is 6.02. The van der Waals surface area contributed by atoms with Gasteiger partial charge in [0.2, 0.25) is 5.95 Å². The quantitative estimate of drug-likeness (QED) is 0.594. The zero-order chi connectivity index (χ0) is 21.9. The number of rotatable bonds is 5. The molecule has 0 aliphatic carbocycles. The van der Waals surface area contributed by atoms with Crippen molar-refractivity contribution in [3.05, 3.63) is 72.3 Å². The Morgan fingerprint density at radius 1 is 1.10 bits per heavy atom. The zero-order valence-corrected chi connectivity index (χ0v) is 18.0. The lowest BCUT2D eigenvalue weighted by molar-refractivity contribution is 0.0372. The number of amides is 1. The van der Waals surface area contributed by atoms with Crippen LogP contribution in [0.5, 0.6) is 0 Å². The van der Waals surface area contributed by atoms with Crippen LogP contribution >= 0.6 is 0 Å². The van der Waals surface area contributed by atoms with E-state index >= 15 is 0 Å². The molecule has 3 rings (SSSR count). The molecule has 0 saturated heterocycles. The number of imidazole rings is 1. The van der Waals surface area contributed by atoms with E-state index in [1.807, 2.05) is 57.0 Å². The summed E-state index contributed by atoms with van der Waals surface area (Å²) in [7, 11) is 3.50. The number of aromatic nitrogens is 2. The first-order valence-electron chi connectivity index (χ1n) is 9.71. The molecule has 2 aromatic carbocycles. The molecule has 7 heteroatoms. The molecule has 1 heterocycles. The fourth-order valence-electron chi connectivity index (χ4n) is 2.92. The van der Waals surface area contributed by atoms with Gasteiger partial charge in [-0.05, 0) is 50.6 Å². The van der Waals surface area contributed by atoms with Crippen molar-refractivity contribution < 1.29 is 13.9 Å². The average Bonchev–Trinajstić information content (AvgIpc) is 3.05. The van der Waals surface area contributed by atoms with Crippen LogP contribution in [-0.4, -0.2) is 40.2 Å². The van der Waals surface area contributed by atoms with Gasteiger partial charge in [0.05, 0.1) is 17.6 Å². The predicted octanol–water partition coefficient (Wildman–Crippen LogP) is 5.00. The fraction of sp³-hybridized carbons (Fsp3) is 0.304. The number of benzene rings is 2. The molecule has 0 unspecified atom stereocenters. The lowest BCUT2D eigenvalue weighted by Crippen LogP contribution is -2.31. The Balaban J connectivity index is 1.87. The molecule has 30 heavy (non-hydrogen) atoms. The van der Waals surface area contributed by atoms with Gasteiger partial charge in [-0.15, -0.1) is 0 Å². The molecular weight excluding hydrogens is 383 g/mol. The normalized spacial score (nSPS) is 11.8. The molecule has 1 aromatic heterocycles. The number of hydrogen-bond acceptors (Lipinski definition) is 4. The average molecular weight is 410 g/mol. The number of halogens is 1. The molecule has 0 fully saturated rings. The van der Waals surface area contributed by atoms with Gasteiger partial charge in [0.25, 0.3) is 0 Å². The van der Waals surface area contributed by atoms with Gasteiger partial charge in [0.1, 0.15) is 11.4 Å². The topological polar surface area (TPSA) is 50.6 Å². The SMILES string of the molecule is CN(/C=C/N(C)c1nc2ccccc2n1Cc1ccc(F)cc1)C(=O)OC(C)(C)C. The second kappa shape index (κ2) is 8.57. The Labute approximate surface area is 176 Å². The first kappa shape index (κ1) is 21.4. The third-order valence-electron chi connectivity index (χ3n) is 4.40. The minimum Gasteiger partial charge on any atom is -0.443 e. The maximum absolute atomic E-state index is 13.3. The van der Waals surface area contributed by atoms with Crippen molar-refractivity contribution in [2.75, 3.05) is 19.0 Å². The summed E-state index contributed by atoms with van der Waals surface area (Å²) in [5, 5.41) is 0. The summed E-state index contributed by atoms with van der Waals surface area (Å²) in [5.74, 6) is 0.439. The summed E-state index contributed by atoms with van der Waals surface area (Å²) < 4.78 is 20.7. The maximum Gasteiger partial charge on any atom is 0.414 e. The van der Waals surface area contributed by atoms with Gasteiger partial charge >= 0.3 is 6.09 Å². The highest BCUT2D eigenvalue weighted by Crippen LogP contribution is 2.24. The molecule has 0 N–H and O–H groups in total. The highest BCUT2D eigenvalue weighted by Gasteiger charge is 2.19. The van der Waals surface area contributed by atoms with E-state index in [0.717, 1.165) is 16.6 Å². The molecule has 0 atom stereocenters. The van der Waals surface area contributed by atoms with Gasteiger partial charge in [-0.1, -0.05) is 24.3 Å². The van der Waals surface area contributed by atoms with Crippen LogP contribution < -0.4 is 4.90 Å². The van der Waals surface area contributed by atoms with Crippen molar-refractivity contribution >= 4 is 23.1 Å². The number of carbonyl (C=O) groups excluding carboxylic acids is 1. The lowest BCUT2D eigenvalue weighted by atomic mass is 10.2. The second-order valence-electron chi connectivity index (χ2n) is 8.11. The van der Waals surface area contributed by atoms with Crippen molar-refractivity contribution in [2.45, 2.75) is 32.9 Å². The molecule has 1 amide bonds. The van der Waals surface area contributed by atoms with E-state index in [0.29, 0.717) is 12.5 Å². The van der Waals surface area contributed by atoms with E-state index in [9.17, 15) is 9.18 Å². The molecule has 0 saturated carbocycles. The first-order valence-corrected chi connectivity index (χ1v) is 9.71. The Bertz CT molecular complexity index is 1050. The van der Waals surface area contributed by atoms with Crippen LogP contribution in [-0.2, 0) is 11.3 Å². The van der Waals surface area contributed by atoms with Crippen molar-refractivity contribution in [1.82, 2.24) is 14.5 Å². The number of anilines is 1. The molecule has 0 aliphatic rings. The molecule has 0 spiro atoms. The van der Waals surface area contributed by atoms with Crippen LogP contribution in [0, 0.1) is 5.82 Å². The number of ether oxygens (including phenoxy) is 1. The second-order valence-corrected chi connectivity index (χ2v) is 8.11. The van der Waals surface area contributed by atoms with E-state index in [1.54, 1.807) is 31.6 Å². The zero-order valence-electron chi connectivity index (χ0n) is 18.0. The third-order valence-corrected chi connectivity index (χ3v) is 4.40. The van der Waals surface area contributed by atoms with Crippen LogP contribution in [0.1, 0.15) is 26.3 Å². The summed E-state index contributed by atoms with van der Waals surface area (Å²) in [5.41, 5.74) is 2.23. The van der Waals surface area contributed by atoms with Gasteiger partial charge in [-0.3, -0.25) is 4.90 Å². The van der Waals surface area contributed by atoms with Gasteiger partial charge in [0, 0.05) is 26.5 Å². The fourth-order valence-corrected chi connectivity index (χ4v) is 2.92. The predicted molar refractivity (Wildman–Crippen MR) is 117 cm³/mol. The van der Waals surface area contributed by atoms with E-state index in [4.69, 9.17) is 9.72 Å². The Hall–Kier alpha value is -3.35. The van der Waals surface area contributed by atoms with Gasteiger partial charge in [0.15, 0.2) is 0 Å². The summed E-state index contributed by atoms with van der Waals surface area (Å²) in [6.07, 6.45) is 2.95. The Morgan fingerprint density at radius 2 is 1.77 bits per heavy atom. The minimum absolute atomic E-state index is 0.264. The number of hydrogen-bond donors (Lipinski definition) is 0. The first-order chi connectivity index (χ1) is 14.1. The summed E-state index contributed by atoms with van der Waals surface area (Å²) in [4.78, 5) is 20.1. The van der Waals surface area contributed by atoms with Gasteiger partial charge in [-0.25, -0.2) is 14.2 Å². The van der Waals surface area contributed by atoms with E-state index < -0.39 is 11.7 Å². The maximum atomic E-state index is 13.3. The van der Waals surface area contributed by atoms with E-state index in [-0.39, 0.29) is 5.82 Å².